The molecule has 2 heteroatoms. The molecule has 1 radical (unpaired) electrons. The lowest BCUT2D eigenvalue weighted by Crippen LogP contribution is -2.20. The Kier molecular flexibility index (Phi) is 2.15. The quantitative estimate of drug-likeness (QED) is 0.516. The van der Waals surface area contributed by atoms with Gasteiger partial charge in [-0.3, -0.25) is 0 Å². The smallest absolute Gasteiger partial charge is 0.0712 e. The Morgan fingerprint density at radius 3 is 2.00 bits per heavy atom. The lowest BCUT2D eigenvalue weighted by molar-refractivity contribution is 0.491. The van der Waals surface area contributed by atoms with Crippen molar-refractivity contribution in [3.05, 3.63) is 5.08 Å². The SMILES string of the molecule is CC1(C)CS[CH]SC1. The topological polar surface area (TPSA) is 0 Å². The van der Waals surface area contributed by atoms with Crippen LogP contribution >= 0.6 is 23.5 Å². The summed E-state index contributed by atoms with van der Waals surface area (Å²) in [5.74, 6) is 2.58. The lowest BCUT2D eigenvalue weighted by Gasteiger charge is -2.27. The van der Waals surface area contributed by atoms with Crippen molar-refractivity contribution in [1.29, 1.82) is 0 Å². The van der Waals surface area contributed by atoms with Gasteiger partial charge in [0.15, 0.2) is 0 Å². The van der Waals surface area contributed by atoms with Crippen molar-refractivity contribution in [3.8, 4) is 0 Å². The van der Waals surface area contributed by atoms with E-state index in [0.717, 1.165) is 0 Å². The van der Waals surface area contributed by atoms with Gasteiger partial charge in [0.25, 0.3) is 0 Å². The highest BCUT2D eigenvalue weighted by Gasteiger charge is 2.21. The minimum absolute atomic E-state index is 0.573. The zero-order valence-corrected chi connectivity index (χ0v) is 6.94. The lowest BCUT2D eigenvalue weighted by atomic mass is 10.0. The molecule has 0 saturated carbocycles. The van der Waals surface area contributed by atoms with E-state index in [1.54, 1.807) is 0 Å². The van der Waals surface area contributed by atoms with E-state index in [2.05, 4.69) is 18.9 Å². The predicted molar refractivity (Wildman–Crippen MR) is 43.0 cm³/mol. The van der Waals surface area contributed by atoms with Gasteiger partial charge >= 0.3 is 0 Å². The molecule has 47 valence electrons. The first-order chi connectivity index (χ1) is 3.71. The van der Waals surface area contributed by atoms with Crippen LogP contribution in [0, 0.1) is 10.5 Å². The Bertz CT molecular complexity index is 70.6. The molecule has 1 fully saturated rings. The Balaban J connectivity index is 2.33. The molecule has 0 aromatic rings. The van der Waals surface area contributed by atoms with Crippen LogP contribution in [0.1, 0.15) is 13.8 Å². The molecule has 0 atom stereocenters. The largest absolute Gasteiger partial charge is 0.145 e. The Morgan fingerprint density at radius 1 is 1.25 bits per heavy atom. The molecule has 0 nitrogen and oxygen atoms in total. The van der Waals surface area contributed by atoms with E-state index in [4.69, 9.17) is 0 Å². The number of rotatable bonds is 0. The number of hydrogen-bond donors (Lipinski definition) is 0. The predicted octanol–water partition coefficient (Wildman–Crippen LogP) is 2.61. The van der Waals surface area contributed by atoms with E-state index >= 15 is 0 Å². The minimum Gasteiger partial charge on any atom is -0.145 e. The Labute approximate surface area is 59.8 Å². The highest BCUT2D eigenvalue weighted by atomic mass is 32.2. The van der Waals surface area contributed by atoms with Crippen molar-refractivity contribution in [3.63, 3.8) is 0 Å². The summed E-state index contributed by atoms with van der Waals surface area (Å²) in [5, 5.41) is 2.24. The van der Waals surface area contributed by atoms with Gasteiger partial charge in [0.05, 0.1) is 5.08 Å². The van der Waals surface area contributed by atoms with Gasteiger partial charge < -0.3 is 0 Å². The van der Waals surface area contributed by atoms with Crippen LogP contribution in [0.25, 0.3) is 0 Å². The third kappa shape index (κ3) is 1.90. The van der Waals surface area contributed by atoms with Gasteiger partial charge in [-0.15, -0.1) is 23.5 Å². The van der Waals surface area contributed by atoms with Crippen molar-refractivity contribution in [2.24, 2.45) is 5.41 Å². The maximum Gasteiger partial charge on any atom is 0.0712 e. The minimum atomic E-state index is 0.573. The van der Waals surface area contributed by atoms with Crippen molar-refractivity contribution >= 4 is 23.5 Å². The normalized spacial score (nSPS) is 27.8. The van der Waals surface area contributed by atoms with E-state index < -0.39 is 0 Å². The van der Waals surface area contributed by atoms with Gasteiger partial charge in [0.1, 0.15) is 0 Å². The standard InChI is InChI=1S/C6H11S2/c1-6(2)3-7-5-8-4-6/h5H,3-4H2,1-2H3. The molecule has 1 rings (SSSR count). The zero-order chi connectivity index (χ0) is 6.04. The summed E-state index contributed by atoms with van der Waals surface area (Å²) in [6, 6.07) is 0. The van der Waals surface area contributed by atoms with Crippen LogP contribution in [0.4, 0.5) is 0 Å². The molecule has 0 unspecified atom stereocenters. The molecule has 0 bridgehead atoms. The fourth-order valence-electron chi connectivity index (χ4n) is 0.609. The fraction of sp³-hybridized carbons (Fsp3) is 0.833. The van der Waals surface area contributed by atoms with Crippen molar-refractivity contribution in [2.45, 2.75) is 13.8 Å². The molecule has 0 N–H and O–H groups in total. The van der Waals surface area contributed by atoms with Gasteiger partial charge in [-0.05, 0) is 5.41 Å². The molecule has 1 saturated heterocycles. The van der Waals surface area contributed by atoms with Crippen LogP contribution in [0.15, 0.2) is 0 Å². The van der Waals surface area contributed by atoms with E-state index in [1.165, 1.54) is 11.5 Å². The zero-order valence-electron chi connectivity index (χ0n) is 5.31. The Hall–Kier alpha value is 0.700. The van der Waals surface area contributed by atoms with Crippen LogP contribution in [-0.2, 0) is 0 Å². The summed E-state index contributed by atoms with van der Waals surface area (Å²) in [6.45, 7) is 4.64. The van der Waals surface area contributed by atoms with Gasteiger partial charge in [0, 0.05) is 11.5 Å². The third-order valence-corrected chi connectivity index (χ3v) is 4.07. The van der Waals surface area contributed by atoms with E-state index in [1.807, 2.05) is 23.5 Å². The monoisotopic (exact) mass is 147 g/mol. The molecule has 0 aromatic carbocycles. The van der Waals surface area contributed by atoms with E-state index in [0.29, 0.717) is 5.41 Å². The van der Waals surface area contributed by atoms with Gasteiger partial charge in [-0.25, -0.2) is 0 Å². The second-order valence-corrected chi connectivity index (χ2v) is 4.90. The highest BCUT2D eigenvalue weighted by Crippen LogP contribution is 2.37. The van der Waals surface area contributed by atoms with Crippen molar-refractivity contribution < 1.29 is 0 Å². The maximum absolute atomic E-state index is 2.32. The van der Waals surface area contributed by atoms with Crippen LogP contribution < -0.4 is 0 Å². The summed E-state index contributed by atoms with van der Waals surface area (Å²) in [6.07, 6.45) is 0. The third-order valence-electron chi connectivity index (χ3n) is 1.08. The van der Waals surface area contributed by atoms with Crippen LogP contribution in [0.5, 0.6) is 0 Å². The molecule has 0 amide bonds. The maximum atomic E-state index is 2.32. The molecule has 0 aliphatic carbocycles. The van der Waals surface area contributed by atoms with Gasteiger partial charge in [0.2, 0.25) is 0 Å². The molecule has 1 aliphatic heterocycles. The number of hydrogen-bond acceptors (Lipinski definition) is 2. The highest BCUT2D eigenvalue weighted by molar-refractivity contribution is 8.19. The van der Waals surface area contributed by atoms with Gasteiger partial charge in [-0.2, -0.15) is 0 Å². The molecular weight excluding hydrogens is 136 g/mol. The summed E-state index contributed by atoms with van der Waals surface area (Å²) in [7, 11) is 0. The molecule has 0 spiro atoms. The summed E-state index contributed by atoms with van der Waals surface area (Å²) in [5.41, 5.74) is 0.573. The summed E-state index contributed by atoms with van der Waals surface area (Å²) < 4.78 is 0. The van der Waals surface area contributed by atoms with Crippen molar-refractivity contribution in [1.82, 2.24) is 0 Å². The van der Waals surface area contributed by atoms with Crippen LogP contribution in [-0.4, -0.2) is 11.5 Å². The van der Waals surface area contributed by atoms with Crippen molar-refractivity contribution in [2.75, 3.05) is 11.5 Å². The molecule has 1 heterocycles. The molecule has 8 heavy (non-hydrogen) atoms. The fourth-order valence-corrected chi connectivity index (χ4v) is 2.77. The van der Waals surface area contributed by atoms with E-state index in [-0.39, 0.29) is 0 Å². The van der Waals surface area contributed by atoms with E-state index in [9.17, 15) is 0 Å². The molecule has 1 aliphatic rings. The number of thioether (sulfide) groups is 2. The van der Waals surface area contributed by atoms with Crippen LogP contribution in [0.2, 0.25) is 0 Å². The molecular formula is C6H11S2. The average Bonchev–Trinajstić information content (AvgIpc) is 1.65. The first kappa shape index (κ1) is 6.81. The first-order valence-corrected chi connectivity index (χ1v) is 4.85. The summed E-state index contributed by atoms with van der Waals surface area (Å²) in [4.78, 5) is 0. The molecule has 0 aromatic heterocycles. The van der Waals surface area contributed by atoms with Crippen LogP contribution in [0.3, 0.4) is 0 Å². The first-order valence-electron chi connectivity index (χ1n) is 2.76. The second kappa shape index (κ2) is 2.53. The Morgan fingerprint density at radius 2 is 1.75 bits per heavy atom. The summed E-state index contributed by atoms with van der Waals surface area (Å²) >= 11 is 3.88. The average molecular weight is 147 g/mol. The van der Waals surface area contributed by atoms with Gasteiger partial charge in [-0.1, -0.05) is 13.8 Å². The second-order valence-electron chi connectivity index (χ2n) is 2.88.